The highest BCUT2D eigenvalue weighted by Crippen LogP contribution is 2.18. The molecule has 0 saturated heterocycles. The first-order chi connectivity index (χ1) is 14.7. The second kappa shape index (κ2) is 9.40. The highest BCUT2D eigenvalue weighted by Gasteiger charge is 2.16. The van der Waals surface area contributed by atoms with Crippen molar-refractivity contribution in [1.29, 1.82) is 0 Å². The molecule has 0 bridgehead atoms. The fourth-order valence-corrected chi connectivity index (χ4v) is 3.23. The van der Waals surface area contributed by atoms with Gasteiger partial charge in [-0.2, -0.15) is 0 Å². The molecule has 158 valence electrons. The molecule has 0 aliphatic rings. The zero-order valence-corrected chi connectivity index (χ0v) is 16.8. The Morgan fingerprint density at radius 1 is 1.03 bits per heavy atom. The normalized spacial score (nSPS) is 11.4. The number of pyridine rings is 1. The minimum absolute atomic E-state index is 0.155. The maximum absolute atomic E-state index is 14.2. The number of aliphatic hydroxyl groups is 1. The molecule has 1 heterocycles. The molecule has 0 unspecified atom stereocenters. The van der Waals surface area contributed by atoms with E-state index < -0.39 is 28.9 Å². The standard InChI is InChI=1S/C23H17ClFNO5/c24-17-6-7-19(25)16(10-17)13-26-12-15(8-14-4-2-1-3-5-14)9-18(22(26)29)20(27)11-21(28)23(30)31/h1-7,9-12,27H,8,13H2,(H,30,31). The summed E-state index contributed by atoms with van der Waals surface area (Å²) in [5.74, 6) is -4.49. The Morgan fingerprint density at radius 2 is 1.74 bits per heavy atom. The van der Waals surface area contributed by atoms with E-state index in [4.69, 9.17) is 16.7 Å². The quantitative estimate of drug-likeness (QED) is 0.330. The van der Waals surface area contributed by atoms with Crippen LogP contribution in [0.4, 0.5) is 4.39 Å². The number of rotatable bonds is 7. The Morgan fingerprint density at radius 3 is 2.42 bits per heavy atom. The molecule has 2 aromatic carbocycles. The van der Waals surface area contributed by atoms with Gasteiger partial charge in [-0.1, -0.05) is 41.9 Å². The van der Waals surface area contributed by atoms with E-state index in [1.807, 2.05) is 30.3 Å². The number of carboxylic acid groups (broad SMARTS) is 1. The number of carbonyl (C=O) groups is 2. The van der Waals surface area contributed by atoms with Crippen LogP contribution in [0.25, 0.3) is 5.76 Å². The molecule has 31 heavy (non-hydrogen) atoms. The molecule has 0 aliphatic heterocycles. The molecule has 1 aromatic heterocycles. The van der Waals surface area contributed by atoms with Crippen LogP contribution in [-0.2, 0) is 22.6 Å². The molecule has 3 rings (SSSR count). The van der Waals surface area contributed by atoms with Gasteiger partial charge >= 0.3 is 5.97 Å². The van der Waals surface area contributed by atoms with Crippen LogP contribution in [0.3, 0.4) is 0 Å². The van der Waals surface area contributed by atoms with Gasteiger partial charge in [0, 0.05) is 22.9 Å². The summed E-state index contributed by atoms with van der Waals surface area (Å²) >= 11 is 5.93. The number of aliphatic carboxylic acids is 1. The summed E-state index contributed by atoms with van der Waals surface area (Å²) in [4.78, 5) is 35.2. The molecule has 0 aliphatic carbocycles. The molecule has 0 radical (unpaired) electrons. The number of ketones is 1. The molecular formula is C23H17ClFNO5. The van der Waals surface area contributed by atoms with Gasteiger partial charge in [0.2, 0.25) is 0 Å². The Kier molecular flexibility index (Phi) is 6.67. The zero-order chi connectivity index (χ0) is 22.5. The van der Waals surface area contributed by atoms with Crippen LogP contribution in [0, 0.1) is 5.82 Å². The van der Waals surface area contributed by atoms with Crippen molar-refractivity contribution < 1.29 is 24.2 Å². The third kappa shape index (κ3) is 5.46. The lowest BCUT2D eigenvalue weighted by Gasteiger charge is -2.13. The summed E-state index contributed by atoms with van der Waals surface area (Å²) in [5.41, 5.74) is 0.666. The van der Waals surface area contributed by atoms with Gasteiger partial charge in [-0.25, -0.2) is 9.18 Å². The summed E-state index contributed by atoms with van der Waals surface area (Å²) in [7, 11) is 0. The highest BCUT2D eigenvalue weighted by atomic mass is 35.5. The summed E-state index contributed by atoms with van der Waals surface area (Å²) in [6, 6.07) is 14.6. The van der Waals surface area contributed by atoms with Crippen LogP contribution in [0.5, 0.6) is 0 Å². The van der Waals surface area contributed by atoms with Gasteiger partial charge in [-0.3, -0.25) is 9.59 Å². The van der Waals surface area contributed by atoms with Crippen LogP contribution in [0.2, 0.25) is 5.02 Å². The zero-order valence-electron chi connectivity index (χ0n) is 16.1. The average molecular weight is 442 g/mol. The van der Waals surface area contributed by atoms with Gasteiger partial charge in [-0.05, 0) is 41.8 Å². The maximum Gasteiger partial charge on any atom is 0.376 e. The van der Waals surface area contributed by atoms with Gasteiger partial charge < -0.3 is 14.8 Å². The smallest absolute Gasteiger partial charge is 0.376 e. The van der Waals surface area contributed by atoms with Crippen molar-refractivity contribution in [1.82, 2.24) is 4.57 Å². The van der Waals surface area contributed by atoms with Crippen molar-refractivity contribution in [2.45, 2.75) is 13.0 Å². The number of aliphatic hydroxyl groups excluding tert-OH is 1. The van der Waals surface area contributed by atoms with Crippen molar-refractivity contribution in [3.8, 4) is 0 Å². The lowest BCUT2D eigenvalue weighted by molar-refractivity contribution is -0.146. The number of nitrogens with zero attached hydrogens (tertiary/aromatic N) is 1. The van der Waals surface area contributed by atoms with Crippen LogP contribution in [-0.4, -0.2) is 26.5 Å². The monoisotopic (exact) mass is 441 g/mol. The van der Waals surface area contributed by atoms with E-state index in [1.165, 1.54) is 35.0 Å². The molecule has 6 nitrogen and oxygen atoms in total. The minimum atomic E-state index is -1.77. The average Bonchev–Trinajstić information content (AvgIpc) is 2.73. The molecular weight excluding hydrogens is 425 g/mol. The van der Waals surface area contributed by atoms with E-state index in [2.05, 4.69) is 0 Å². The molecule has 3 aromatic rings. The number of carbonyl (C=O) groups excluding carboxylic acids is 1. The lowest BCUT2D eigenvalue weighted by Crippen LogP contribution is -2.25. The second-order valence-corrected chi connectivity index (χ2v) is 7.23. The van der Waals surface area contributed by atoms with E-state index >= 15 is 0 Å². The summed E-state index contributed by atoms with van der Waals surface area (Å²) in [5, 5.41) is 19.3. The fraction of sp³-hybridized carbons (Fsp3) is 0.0870. The Bertz CT molecular complexity index is 1230. The van der Waals surface area contributed by atoms with Crippen LogP contribution >= 0.6 is 11.6 Å². The fourth-order valence-electron chi connectivity index (χ4n) is 3.04. The van der Waals surface area contributed by atoms with Crippen LogP contribution in [0.15, 0.2) is 71.7 Å². The second-order valence-electron chi connectivity index (χ2n) is 6.79. The first-order valence-corrected chi connectivity index (χ1v) is 9.52. The van der Waals surface area contributed by atoms with E-state index in [0.29, 0.717) is 23.1 Å². The number of aromatic nitrogens is 1. The minimum Gasteiger partial charge on any atom is -0.507 e. The number of hydrogen-bond acceptors (Lipinski definition) is 4. The molecule has 0 atom stereocenters. The van der Waals surface area contributed by atoms with Crippen molar-refractivity contribution in [3.05, 3.63) is 110 Å². The van der Waals surface area contributed by atoms with E-state index in [-0.39, 0.29) is 17.7 Å². The first kappa shape index (κ1) is 22.0. The van der Waals surface area contributed by atoms with Crippen LogP contribution < -0.4 is 5.56 Å². The number of hydrogen-bond donors (Lipinski definition) is 2. The van der Waals surface area contributed by atoms with Crippen molar-refractivity contribution in [2.75, 3.05) is 0 Å². The molecule has 0 fully saturated rings. The molecule has 0 spiro atoms. The molecule has 2 N–H and O–H groups in total. The van der Waals surface area contributed by atoms with E-state index in [9.17, 15) is 23.9 Å². The largest absolute Gasteiger partial charge is 0.507 e. The number of halogens is 2. The Balaban J connectivity index is 2.11. The predicted molar refractivity (Wildman–Crippen MR) is 114 cm³/mol. The maximum atomic E-state index is 14.2. The summed E-state index contributed by atoms with van der Waals surface area (Å²) in [6.45, 7) is -0.180. The number of benzene rings is 2. The SMILES string of the molecule is O=C(O)C(=O)C=C(O)c1cc(Cc2ccccc2)cn(Cc2cc(Cl)ccc2F)c1=O. The van der Waals surface area contributed by atoms with E-state index in [1.54, 1.807) is 0 Å². The topological polar surface area (TPSA) is 96.6 Å². The van der Waals surface area contributed by atoms with Gasteiger partial charge in [0.15, 0.2) is 0 Å². The molecule has 0 amide bonds. The third-order valence-corrected chi connectivity index (χ3v) is 4.73. The Hall–Kier alpha value is -3.71. The van der Waals surface area contributed by atoms with Crippen molar-refractivity contribution >= 4 is 29.1 Å². The van der Waals surface area contributed by atoms with E-state index in [0.717, 1.165) is 5.56 Å². The molecule has 0 saturated carbocycles. The van der Waals surface area contributed by atoms with Gasteiger partial charge in [0.05, 0.1) is 12.1 Å². The Labute approximate surface area is 181 Å². The summed E-state index contributed by atoms with van der Waals surface area (Å²) in [6.07, 6.45) is 2.37. The van der Waals surface area contributed by atoms with Crippen molar-refractivity contribution in [2.24, 2.45) is 0 Å². The number of carboxylic acids is 1. The van der Waals surface area contributed by atoms with Gasteiger partial charge in [0.1, 0.15) is 11.6 Å². The predicted octanol–water partition coefficient (Wildman–Crippen LogP) is 3.83. The third-order valence-electron chi connectivity index (χ3n) is 4.50. The lowest BCUT2D eigenvalue weighted by atomic mass is 10.0. The summed E-state index contributed by atoms with van der Waals surface area (Å²) < 4.78 is 15.4. The van der Waals surface area contributed by atoms with Crippen molar-refractivity contribution in [3.63, 3.8) is 0 Å². The first-order valence-electron chi connectivity index (χ1n) is 9.14. The molecule has 8 heteroatoms. The van der Waals surface area contributed by atoms with Gasteiger partial charge in [-0.15, -0.1) is 0 Å². The highest BCUT2D eigenvalue weighted by molar-refractivity contribution is 6.38. The van der Waals surface area contributed by atoms with Gasteiger partial charge in [0.25, 0.3) is 11.3 Å². The van der Waals surface area contributed by atoms with Crippen LogP contribution in [0.1, 0.15) is 22.3 Å².